The molecule has 2 nitrogen and oxygen atoms in total. The summed E-state index contributed by atoms with van der Waals surface area (Å²) in [5.41, 5.74) is 1.34. The molecule has 0 radical (unpaired) electrons. The van der Waals surface area contributed by atoms with Crippen LogP contribution in [-0.2, 0) is 11.2 Å². The summed E-state index contributed by atoms with van der Waals surface area (Å²) in [5.74, 6) is 0.280. The summed E-state index contributed by atoms with van der Waals surface area (Å²) in [4.78, 5) is 14.7. The second-order valence-corrected chi connectivity index (χ2v) is 4.29. The maximum Gasteiger partial charge on any atom is 0.123 e. The number of carbonyl (C=O) groups is 1. The summed E-state index contributed by atoms with van der Waals surface area (Å²) in [7, 11) is 0. The molecule has 0 spiro atoms. The number of aromatic nitrogens is 1. The van der Waals surface area contributed by atoms with Crippen LogP contribution in [0.1, 0.15) is 44.6 Å². The minimum atomic E-state index is 0.280. The molecule has 0 aliphatic carbocycles. The Morgan fingerprint density at radius 2 is 2.00 bits per heavy atom. The maximum atomic E-state index is 10.8. The van der Waals surface area contributed by atoms with Crippen molar-refractivity contribution in [2.24, 2.45) is 5.92 Å². The molecule has 0 N–H and O–H groups in total. The third-order valence-corrected chi connectivity index (χ3v) is 2.89. The average molecular weight is 219 g/mol. The van der Waals surface area contributed by atoms with Crippen molar-refractivity contribution in [2.75, 3.05) is 0 Å². The molecule has 1 rings (SSSR count). The van der Waals surface area contributed by atoms with Crippen molar-refractivity contribution in [3.63, 3.8) is 0 Å². The smallest absolute Gasteiger partial charge is 0.123 e. The Morgan fingerprint density at radius 3 is 2.62 bits per heavy atom. The van der Waals surface area contributed by atoms with E-state index in [4.69, 9.17) is 0 Å². The number of unbranched alkanes of at least 4 members (excludes halogenated alkanes) is 1. The highest BCUT2D eigenvalue weighted by molar-refractivity contribution is 5.53. The first-order valence-electron chi connectivity index (χ1n) is 6.21. The molecule has 1 aromatic heterocycles. The Hall–Kier alpha value is -1.18. The topological polar surface area (TPSA) is 30.0 Å². The van der Waals surface area contributed by atoms with Gasteiger partial charge in [-0.25, -0.2) is 0 Å². The van der Waals surface area contributed by atoms with Gasteiger partial charge in [-0.2, -0.15) is 0 Å². The predicted octanol–water partition coefficient (Wildman–Crippen LogP) is 3.41. The first-order valence-corrected chi connectivity index (χ1v) is 6.21. The van der Waals surface area contributed by atoms with Gasteiger partial charge in [0.25, 0.3) is 0 Å². The lowest BCUT2D eigenvalue weighted by atomic mass is 9.97. The van der Waals surface area contributed by atoms with Gasteiger partial charge in [0, 0.05) is 18.3 Å². The van der Waals surface area contributed by atoms with Gasteiger partial charge in [-0.15, -0.1) is 0 Å². The lowest BCUT2D eigenvalue weighted by Crippen LogP contribution is -2.01. The molecule has 0 amide bonds. The van der Waals surface area contributed by atoms with E-state index in [1.807, 2.05) is 12.4 Å². The fourth-order valence-electron chi connectivity index (χ4n) is 1.94. The zero-order chi connectivity index (χ0) is 11.6. The maximum absolute atomic E-state index is 10.8. The predicted molar refractivity (Wildman–Crippen MR) is 66.3 cm³/mol. The van der Waals surface area contributed by atoms with E-state index in [0.29, 0.717) is 0 Å². The highest BCUT2D eigenvalue weighted by atomic mass is 16.1. The lowest BCUT2D eigenvalue weighted by Gasteiger charge is -2.08. The molecule has 16 heavy (non-hydrogen) atoms. The summed E-state index contributed by atoms with van der Waals surface area (Å²) in [6, 6.07) is 4.12. The van der Waals surface area contributed by atoms with Crippen LogP contribution < -0.4 is 0 Å². The van der Waals surface area contributed by atoms with Gasteiger partial charge in [-0.1, -0.05) is 19.8 Å². The molecule has 1 heterocycles. The number of nitrogens with zero attached hydrogens (tertiary/aromatic N) is 1. The van der Waals surface area contributed by atoms with Crippen molar-refractivity contribution in [1.29, 1.82) is 0 Å². The van der Waals surface area contributed by atoms with Gasteiger partial charge in [-0.05, 0) is 43.4 Å². The molecule has 1 atom stereocenters. The van der Waals surface area contributed by atoms with Crippen LogP contribution in [0.3, 0.4) is 0 Å². The normalized spacial score (nSPS) is 12.3. The molecule has 0 saturated heterocycles. The number of carbonyl (C=O) groups excluding carboxylic acids is 1. The van der Waals surface area contributed by atoms with Crippen molar-refractivity contribution in [2.45, 2.75) is 45.4 Å². The fourth-order valence-corrected chi connectivity index (χ4v) is 1.94. The van der Waals surface area contributed by atoms with Crippen LogP contribution in [0, 0.1) is 5.92 Å². The minimum absolute atomic E-state index is 0.280. The van der Waals surface area contributed by atoms with Crippen LogP contribution in [0.4, 0.5) is 0 Å². The quantitative estimate of drug-likeness (QED) is 0.495. The van der Waals surface area contributed by atoms with E-state index in [1.165, 1.54) is 5.56 Å². The number of rotatable bonds is 8. The molecule has 0 saturated carbocycles. The molecule has 0 aromatic carbocycles. The van der Waals surface area contributed by atoms with E-state index < -0.39 is 0 Å². The van der Waals surface area contributed by atoms with Crippen LogP contribution in [0.5, 0.6) is 0 Å². The Bertz CT molecular complexity index is 284. The third-order valence-electron chi connectivity index (χ3n) is 2.89. The van der Waals surface area contributed by atoms with Crippen LogP contribution in [0.15, 0.2) is 24.5 Å². The Balaban J connectivity index is 2.14. The van der Waals surface area contributed by atoms with Crippen molar-refractivity contribution >= 4 is 6.29 Å². The molecule has 0 aliphatic heterocycles. The molecule has 2 heteroatoms. The van der Waals surface area contributed by atoms with Crippen molar-refractivity contribution < 1.29 is 4.79 Å². The van der Waals surface area contributed by atoms with Gasteiger partial charge >= 0.3 is 0 Å². The van der Waals surface area contributed by atoms with Crippen LogP contribution in [0.2, 0.25) is 0 Å². The van der Waals surface area contributed by atoms with Crippen molar-refractivity contribution in [3.8, 4) is 0 Å². The average Bonchev–Trinajstić information content (AvgIpc) is 2.34. The Labute approximate surface area is 98.1 Å². The number of aryl methyl sites for hydroxylation is 1. The summed E-state index contributed by atoms with van der Waals surface area (Å²) in [6.07, 6.45) is 11.4. The zero-order valence-corrected chi connectivity index (χ0v) is 10.1. The minimum Gasteiger partial charge on any atom is -0.303 e. The largest absolute Gasteiger partial charge is 0.303 e. The van der Waals surface area contributed by atoms with E-state index in [2.05, 4.69) is 24.0 Å². The van der Waals surface area contributed by atoms with Crippen LogP contribution in [0.25, 0.3) is 0 Å². The van der Waals surface area contributed by atoms with E-state index in [9.17, 15) is 4.79 Å². The van der Waals surface area contributed by atoms with Gasteiger partial charge < -0.3 is 4.79 Å². The van der Waals surface area contributed by atoms with Crippen LogP contribution >= 0.6 is 0 Å². The molecule has 1 unspecified atom stereocenters. The van der Waals surface area contributed by atoms with Gasteiger partial charge in [-0.3, -0.25) is 4.98 Å². The highest BCUT2D eigenvalue weighted by Crippen LogP contribution is 2.13. The lowest BCUT2D eigenvalue weighted by molar-refractivity contribution is -0.111. The first kappa shape index (κ1) is 12.9. The number of pyridine rings is 1. The van der Waals surface area contributed by atoms with E-state index >= 15 is 0 Å². The van der Waals surface area contributed by atoms with Gasteiger partial charge in [0.05, 0.1) is 0 Å². The molecular weight excluding hydrogens is 198 g/mol. The van der Waals surface area contributed by atoms with E-state index in [-0.39, 0.29) is 5.92 Å². The molecule has 0 bridgehead atoms. The first-order chi connectivity index (χ1) is 7.86. The van der Waals surface area contributed by atoms with Gasteiger partial charge in [0.2, 0.25) is 0 Å². The third kappa shape index (κ3) is 5.06. The van der Waals surface area contributed by atoms with Gasteiger partial charge in [0.1, 0.15) is 6.29 Å². The standard InChI is InChI=1S/C14H21NO/c1-2-5-14(12-16)7-4-3-6-13-8-10-15-11-9-13/h8-12,14H,2-7H2,1H3. The summed E-state index contributed by atoms with van der Waals surface area (Å²) in [6.45, 7) is 2.13. The zero-order valence-electron chi connectivity index (χ0n) is 10.1. The molecule has 0 fully saturated rings. The van der Waals surface area contributed by atoms with Crippen molar-refractivity contribution in [1.82, 2.24) is 4.98 Å². The summed E-state index contributed by atoms with van der Waals surface area (Å²) < 4.78 is 0. The highest BCUT2D eigenvalue weighted by Gasteiger charge is 2.05. The summed E-state index contributed by atoms with van der Waals surface area (Å²) in [5, 5.41) is 0. The molecule has 1 aromatic rings. The second kappa shape index (κ2) is 8.03. The van der Waals surface area contributed by atoms with Crippen molar-refractivity contribution in [3.05, 3.63) is 30.1 Å². The number of hydrogen-bond donors (Lipinski definition) is 0. The SMILES string of the molecule is CCCC(C=O)CCCCc1ccncc1. The van der Waals surface area contributed by atoms with Gasteiger partial charge in [0.15, 0.2) is 0 Å². The van der Waals surface area contributed by atoms with Crippen LogP contribution in [-0.4, -0.2) is 11.3 Å². The molecular formula is C14H21NO. The molecule has 88 valence electrons. The number of aldehydes is 1. The molecule has 0 aliphatic rings. The Kier molecular flexibility index (Phi) is 6.47. The number of hydrogen-bond acceptors (Lipinski definition) is 2. The second-order valence-electron chi connectivity index (χ2n) is 4.29. The fraction of sp³-hybridized carbons (Fsp3) is 0.571. The Morgan fingerprint density at radius 1 is 1.25 bits per heavy atom. The van der Waals surface area contributed by atoms with E-state index in [1.54, 1.807) is 0 Å². The van der Waals surface area contributed by atoms with E-state index in [0.717, 1.165) is 44.8 Å². The monoisotopic (exact) mass is 219 g/mol. The summed E-state index contributed by atoms with van der Waals surface area (Å²) >= 11 is 0.